The zero-order chi connectivity index (χ0) is 12.1. The van der Waals surface area contributed by atoms with Gasteiger partial charge in [-0.3, -0.25) is 0 Å². The molecule has 3 N–H and O–H groups in total. The molecule has 0 amide bonds. The molecule has 0 aliphatic carbocycles. The van der Waals surface area contributed by atoms with Crippen LogP contribution in [0.3, 0.4) is 0 Å². The van der Waals surface area contributed by atoms with Crippen LogP contribution in [0.25, 0.3) is 0 Å². The molecule has 2 rings (SSSR count). The summed E-state index contributed by atoms with van der Waals surface area (Å²) in [5.41, 5.74) is 1.90. The Hall–Kier alpha value is -2.00. The second-order valence-electron chi connectivity index (χ2n) is 3.84. The molecule has 3 nitrogen and oxygen atoms in total. The first-order valence-corrected chi connectivity index (χ1v) is 5.51. The average Bonchev–Trinajstić information content (AvgIpc) is 2.38. The molecule has 0 spiro atoms. The molecule has 0 radical (unpaired) electrons. The molecule has 1 unspecified atom stereocenters. The summed E-state index contributed by atoms with van der Waals surface area (Å²) in [6, 6.07) is 16.4. The van der Waals surface area contributed by atoms with Crippen LogP contribution in [-0.2, 0) is 0 Å². The van der Waals surface area contributed by atoms with Crippen LogP contribution in [0.15, 0.2) is 54.6 Å². The standard InChI is InChI=1S/C14H15NO2/c16-10-14(11-6-8-13(17)9-7-11)15-12-4-2-1-3-5-12/h1-9,14-17H,10H2. The number of phenols is 1. The third kappa shape index (κ3) is 2.98. The van der Waals surface area contributed by atoms with Gasteiger partial charge >= 0.3 is 0 Å². The van der Waals surface area contributed by atoms with Crippen molar-refractivity contribution in [1.82, 2.24) is 0 Å². The minimum Gasteiger partial charge on any atom is -0.508 e. The second kappa shape index (κ2) is 5.37. The Morgan fingerprint density at radius 2 is 1.59 bits per heavy atom. The zero-order valence-electron chi connectivity index (χ0n) is 9.38. The topological polar surface area (TPSA) is 52.5 Å². The number of aliphatic hydroxyl groups excluding tert-OH is 1. The molecule has 0 saturated heterocycles. The quantitative estimate of drug-likeness (QED) is 0.755. The Labute approximate surface area is 100 Å². The van der Waals surface area contributed by atoms with Gasteiger partial charge in [-0.05, 0) is 29.8 Å². The number of nitrogens with one attached hydrogen (secondary N) is 1. The average molecular weight is 229 g/mol. The molecular weight excluding hydrogens is 214 g/mol. The highest BCUT2D eigenvalue weighted by Gasteiger charge is 2.09. The van der Waals surface area contributed by atoms with Crippen molar-refractivity contribution in [2.75, 3.05) is 11.9 Å². The minimum absolute atomic E-state index is 0.000328. The maximum absolute atomic E-state index is 9.39. The summed E-state index contributed by atoms with van der Waals surface area (Å²) in [6.45, 7) is -0.000328. The predicted octanol–water partition coefficient (Wildman–Crippen LogP) is 2.54. The molecule has 1 atom stereocenters. The molecule has 0 bridgehead atoms. The van der Waals surface area contributed by atoms with Crippen LogP contribution in [0, 0.1) is 0 Å². The second-order valence-corrected chi connectivity index (χ2v) is 3.84. The van der Waals surface area contributed by atoms with Crippen LogP contribution in [0.2, 0.25) is 0 Å². The van der Waals surface area contributed by atoms with Crippen LogP contribution in [0.1, 0.15) is 11.6 Å². The Morgan fingerprint density at radius 1 is 0.941 bits per heavy atom. The van der Waals surface area contributed by atoms with Gasteiger partial charge < -0.3 is 15.5 Å². The van der Waals surface area contributed by atoms with Gasteiger partial charge in [0.15, 0.2) is 0 Å². The van der Waals surface area contributed by atoms with E-state index in [1.54, 1.807) is 24.3 Å². The van der Waals surface area contributed by atoms with E-state index >= 15 is 0 Å². The third-order valence-corrected chi connectivity index (χ3v) is 2.59. The minimum atomic E-state index is -0.169. The Kier molecular flexibility index (Phi) is 3.62. The highest BCUT2D eigenvalue weighted by molar-refractivity contribution is 5.45. The van der Waals surface area contributed by atoms with Gasteiger partial charge in [-0.2, -0.15) is 0 Å². The normalized spacial score (nSPS) is 12.1. The van der Waals surface area contributed by atoms with E-state index in [4.69, 9.17) is 0 Å². The molecule has 2 aromatic carbocycles. The molecule has 0 saturated carbocycles. The lowest BCUT2D eigenvalue weighted by Gasteiger charge is -2.18. The molecule has 3 heteroatoms. The number of aromatic hydroxyl groups is 1. The van der Waals surface area contributed by atoms with Crippen LogP contribution in [0.4, 0.5) is 5.69 Å². The van der Waals surface area contributed by atoms with E-state index in [0.29, 0.717) is 0 Å². The first-order chi connectivity index (χ1) is 8.29. The number of phenolic OH excluding ortho intramolecular Hbond substituents is 1. The summed E-state index contributed by atoms with van der Waals surface area (Å²) in [4.78, 5) is 0. The highest BCUT2D eigenvalue weighted by atomic mass is 16.3. The van der Waals surface area contributed by atoms with Gasteiger partial charge in [0.05, 0.1) is 12.6 Å². The van der Waals surface area contributed by atoms with E-state index in [9.17, 15) is 10.2 Å². The maximum atomic E-state index is 9.39. The molecule has 0 aromatic heterocycles. The van der Waals surface area contributed by atoms with Crippen molar-refractivity contribution in [3.05, 3.63) is 60.2 Å². The highest BCUT2D eigenvalue weighted by Crippen LogP contribution is 2.20. The van der Waals surface area contributed by atoms with Crippen molar-refractivity contribution in [1.29, 1.82) is 0 Å². The van der Waals surface area contributed by atoms with Gasteiger partial charge in [0.1, 0.15) is 5.75 Å². The third-order valence-electron chi connectivity index (χ3n) is 2.59. The van der Waals surface area contributed by atoms with E-state index in [1.807, 2.05) is 30.3 Å². The van der Waals surface area contributed by atoms with Crippen molar-refractivity contribution < 1.29 is 10.2 Å². The van der Waals surface area contributed by atoms with E-state index in [-0.39, 0.29) is 18.4 Å². The number of hydrogen-bond donors (Lipinski definition) is 3. The van der Waals surface area contributed by atoms with Crippen molar-refractivity contribution in [3.63, 3.8) is 0 Å². The van der Waals surface area contributed by atoms with Crippen molar-refractivity contribution in [2.24, 2.45) is 0 Å². The molecule has 0 heterocycles. The van der Waals surface area contributed by atoms with Crippen LogP contribution < -0.4 is 5.32 Å². The van der Waals surface area contributed by atoms with Gasteiger partial charge in [0.25, 0.3) is 0 Å². The van der Waals surface area contributed by atoms with E-state index < -0.39 is 0 Å². The fourth-order valence-corrected chi connectivity index (χ4v) is 1.68. The van der Waals surface area contributed by atoms with Crippen molar-refractivity contribution in [2.45, 2.75) is 6.04 Å². The summed E-state index contributed by atoms with van der Waals surface area (Å²) in [5, 5.41) is 21.8. The Balaban J connectivity index is 2.14. The number of benzene rings is 2. The maximum Gasteiger partial charge on any atom is 0.115 e. The van der Waals surface area contributed by atoms with Crippen LogP contribution in [0.5, 0.6) is 5.75 Å². The molecule has 2 aromatic rings. The smallest absolute Gasteiger partial charge is 0.115 e. The molecule has 0 aliphatic heterocycles. The van der Waals surface area contributed by atoms with Crippen LogP contribution in [-0.4, -0.2) is 16.8 Å². The lowest BCUT2D eigenvalue weighted by molar-refractivity contribution is 0.276. The summed E-state index contributed by atoms with van der Waals surface area (Å²) in [5.74, 6) is 0.227. The summed E-state index contributed by atoms with van der Waals surface area (Å²) < 4.78 is 0. The van der Waals surface area contributed by atoms with Gasteiger partial charge in [-0.1, -0.05) is 30.3 Å². The molecular formula is C14H15NO2. The first-order valence-electron chi connectivity index (χ1n) is 5.51. The van der Waals surface area contributed by atoms with E-state index in [0.717, 1.165) is 11.3 Å². The Bertz CT molecular complexity index is 453. The lowest BCUT2D eigenvalue weighted by atomic mass is 10.1. The molecule has 88 valence electrons. The molecule has 0 aliphatic rings. The number of aliphatic hydroxyl groups is 1. The predicted molar refractivity (Wildman–Crippen MR) is 68.0 cm³/mol. The summed E-state index contributed by atoms with van der Waals surface area (Å²) in [7, 11) is 0. The van der Waals surface area contributed by atoms with Crippen LogP contribution >= 0.6 is 0 Å². The number of hydrogen-bond acceptors (Lipinski definition) is 3. The van der Waals surface area contributed by atoms with E-state index in [2.05, 4.69) is 5.32 Å². The van der Waals surface area contributed by atoms with Crippen molar-refractivity contribution in [3.8, 4) is 5.75 Å². The van der Waals surface area contributed by atoms with Gasteiger partial charge in [0, 0.05) is 5.69 Å². The number of rotatable bonds is 4. The molecule has 0 fully saturated rings. The SMILES string of the molecule is OCC(Nc1ccccc1)c1ccc(O)cc1. The van der Waals surface area contributed by atoms with Crippen molar-refractivity contribution >= 4 is 5.69 Å². The van der Waals surface area contributed by atoms with Gasteiger partial charge in [-0.25, -0.2) is 0 Å². The Morgan fingerprint density at radius 3 is 2.18 bits per heavy atom. The number of anilines is 1. The lowest BCUT2D eigenvalue weighted by Crippen LogP contribution is -2.14. The first kappa shape index (κ1) is 11.5. The fourth-order valence-electron chi connectivity index (χ4n) is 1.68. The number of para-hydroxylation sites is 1. The van der Waals surface area contributed by atoms with Gasteiger partial charge in [0.2, 0.25) is 0 Å². The van der Waals surface area contributed by atoms with Gasteiger partial charge in [-0.15, -0.1) is 0 Å². The largest absolute Gasteiger partial charge is 0.508 e. The monoisotopic (exact) mass is 229 g/mol. The van der Waals surface area contributed by atoms with E-state index in [1.165, 1.54) is 0 Å². The molecule has 17 heavy (non-hydrogen) atoms. The summed E-state index contributed by atoms with van der Waals surface area (Å²) in [6.07, 6.45) is 0. The summed E-state index contributed by atoms with van der Waals surface area (Å²) >= 11 is 0. The fraction of sp³-hybridized carbons (Fsp3) is 0.143. The zero-order valence-corrected chi connectivity index (χ0v) is 9.38.